The zero-order valence-electron chi connectivity index (χ0n) is 11.6. The summed E-state index contributed by atoms with van der Waals surface area (Å²) in [7, 11) is 0. The lowest BCUT2D eigenvalue weighted by atomic mass is 10.1. The molecule has 2 rings (SSSR count). The molecule has 0 aliphatic carbocycles. The first kappa shape index (κ1) is 15.2. The van der Waals surface area contributed by atoms with Gasteiger partial charge >= 0.3 is 0 Å². The van der Waals surface area contributed by atoms with Crippen LogP contribution in [0, 0.1) is 11.6 Å². The molecular formula is C17H17F2NO. The van der Waals surface area contributed by atoms with Gasteiger partial charge in [-0.1, -0.05) is 24.3 Å². The molecule has 0 aliphatic heterocycles. The van der Waals surface area contributed by atoms with Gasteiger partial charge in [0.1, 0.15) is 11.6 Å². The Labute approximate surface area is 122 Å². The zero-order valence-corrected chi connectivity index (χ0v) is 11.6. The molecule has 4 heteroatoms. The highest BCUT2D eigenvalue weighted by Gasteiger charge is 2.02. The molecule has 0 aliphatic rings. The molecule has 2 aromatic carbocycles. The van der Waals surface area contributed by atoms with E-state index >= 15 is 0 Å². The van der Waals surface area contributed by atoms with E-state index < -0.39 is 0 Å². The molecule has 110 valence electrons. The van der Waals surface area contributed by atoms with Crippen molar-refractivity contribution in [2.45, 2.75) is 19.3 Å². The van der Waals surface area contributed by atoms with Crippen LogP contribution in [0.4, 0.5) is 8.78 Å². The highest BCUT2D eigenvalue weighted by atomic mass is 19.1. The summed E-state index contributed by atoms with van der Waals surface area (Å²) in [6.07, 6.45) is 1.63. The van der Waals surface area contributed by atoms with Crippen LogP contribution in [0.25, 0.3) is 0 Å². The lowest BCUT2D eigenvalue weighted by Gasteiger charge is -2.06. The molecule has 0 aromatic heterocycles. The largest absolute Gasteiger partial charge is 0.356 e. The fourth-order valence-electron chi connectivity index (χ4n) is 1.99. The van der Waals surface area contributed by atoms with E-state index in [0.717, 1.165) is 11.1 Å². The van der Waals surface area contributed by atoms with E-state index in [1.807, 2.05) is 0 Å². The van der Waals surface area contributed by atoms with Gasteiger partial charge in [-0.05, 0) is 48.2 Å². The van der Waals surface area contributed by atoms with Crippen LogP contribution in [0.1, 0.15) is 17.5 Å². The maximum Gasteiger partial charge on any atom is 0.220 e. The molecule has 21 heavy (non-hydrogen) atoms. The van der Waals surface area contributed by atoms with Gasteiger partial charge in [0.25, 0.3) is 0 Å². The van der Waals surface area contributed by atoms with Gasteiger partial charge in [0, 0.05) is 13.0 Å². The summed E-state index contributed by atoms with van der Waals surface area (Å²) in [6, 6.07) is 12.4. The Morgan fingerprint density at radius 3 is 1.81 bits per heavy atom. The van der Waals surface area contributed by atoms with Gasteiger partial charge in [-0.15, -0.1) is 0 Å². The molecule has 0 spiro atoms. The Morgan fingerprint density at radius 2 is 1.29 bits per heavy atom. The van der Waals surface area contributed by atoms with Crippen LogP contribution in [0.5, 0.6) is 0 Å². The number of benzene rings is 2. The van der Waals surface area contributed by atoms with Crippen molar-refractivity contribution in [3.8, 4) is 0 Å². The van der Waals surface area contributed by atoms with E-state index in [1.165, 1.54) is 24.3 Å². The second-order valence-electron chi connectivity index (χ2n) is 4.85. The Bertz CT molecular complexity index is 579. The Hall–Kier alpha value is -2.23. The molecule has 0 bridgehead atoms. The van der Waals surface area contributed by atoms with Crippen molar-refractivity contribution >= 4 is 5.91 Å². The van der Waals surface area contributed by atoms with E-state index in [1.54, 1.807) is 24.3 Å². The van der Waals surface area contributed by atoms with Crippen LogP contribution in [0.15, 0.2) is 48.5 Å². The molecule has 0 unspecified atom stereocenters. The number of rotatable bonds is 6. The molecule has 1 N–H and O–H groups in total. The lowest BCUT2D eigenvalue weighted by molar-refractivity contribution is -0.121. The first-order chi connectivity index (χ1) is 10.1. The minimum absolute atomic E-state index is 0.0403. The summed E-state index contributed by atoms with van der Waals surface area (Å²) >= 11 is 0. The van der Waals surface area contributed by atoms with Gasteiger partial charge in [0.15, 0.2) is 0 Å². The highest BCUT2D eigenvalue weighted by molar-refractivity contribution is 5.76. The Balaban J connectivity index is 1.67. The number of nitrogens with one attached hydrogen (secondary N) is 1. The molecule has 0 fully saturated rings. The average Bonchev–Trinajstić information content (AvgIpc) is 2.49. The second-order valence-corrected chi connectivity index (χ2v) is 4.85. The van der Waals surface area contributed by atoms with Crippen molar-refractivity contribution in [3.05, 3.63) is 71.3 Å². The number of carbonyl (C=O) groups is 1. The average molecular weight is 289 g/mol. The molecule has 0 saturated heterocycles. The number of carbonyl (C=O) groups excluding carboxylic acids is 1. The fourth-order valence-corrected chi connectivity index (χ4v) is 1.99. The smallest absolute Gasteiger partial charge is 0.220 e. The summed E-state index contributed by atoms with van der Waals surface area (Å²) in [6.45, 7) is 0.522. The van der Waals surface area contributed by atoms with Gasteiger partial charge in [0.05, 0.1) is 0 Å². The fraction of sp³-hybridized carbons (Fsp3) is 0.235. The predicted octanol–water partition coefficient (Wildman–Crippen LogP) is 3.26. The summed E-state index contributed by atoms with van der Waals surface area (Å²) in [5.74, 6) is -0.578. The van der Waals surface area contributed by atoms with Gasteiger partial charge in [0.2, 0.25) is 5.91 Å². The Kier molecular flexibility index (Phi) is 5.43. The van der Waals surface area contributed by atoms with Crippen LogP contribution >= 0.6 is 0 Å². The molecule has 0 radical (unpaired) electrons. The minimum atomic E-state index is -0.275. The molecule has 2 nitrogen and oxygen atoms in total. The van der Waals surface area contributed by atoms with Gasteiger partial charge in [-0.25, -0.2) is 8.78 Å². The summed E-state index contributed by atoms with van der Waals surface area (Å²) in [4.78, 5) is 11.7. The first-order valence-corrected chi connectivity index (χ1v) is 6.89. The molecule has 2 aromatic rings. The normalized spacial score (nSPS) is 10.4. The maximum atomic E-state index is 12.7. The van der Waals surface area contributed by atoms with E-state index in [0.29, 0.717) is 25.8 Å². The number of hydrogen-bond acceptors (Lipinski definition) is 1. The van der Waals surface area contributed by atoms with Crippen molar-refractivity contribution < 1.29 is 13.6 Å². The van der Waals surface area contributed by atoms with Crippen LogP contribution in [-0.2, 0) is 17.6 Å². The van der Waals surface area contributed by atoms with Gasteiger partial charge in [-0.3, -0.25) is 4.79 Å². The highest BCUT2D eigenvalue weighted by Crippen LogP contribution is 2.06. The monoisotopic (exact) mass is 289 g/mol. The molecule has 0 saturated carbocycles. The summed E-state index contributed by atoms with van der Waals surface area (Å²) in [5.41, 5.74) is 1.92. The topological polar surface area (TPSA) is 29.1 Å². The van der Waals surface area contributed by atoms with Crippen molar-refractivity contribution in [3.63, 3.8) is 0 Å². The third kappa shape index (κ3) is 5.34. The maximum absolute atomic E-state index is 12.7. The van der Waals surface area contributed by atoms with E-state index in [-0.39, 0.29) is 17.5 Å². The van der Waals surface area contributed by atoms with Crippen molar-refractivity contribution in [1.82, 2.24) is 5.32 Å². The SMILES string of the molecule is O=C(CCc1ccc(F)cc1)NCCc1ccc(F)cc1. The van der Waals surface area contributed by atoms with Crippen LogP contribution in [0.2, 0.25) is 0 Å². The van der Waals surface area contributed by atoms with Crippen LogP contribution in [-0.4, -0.2) is 12.5 Å². The van der Waals surface area contributed by atoms with Crippen molar-refractivity contribution in [1.29, 1.82) is 0 Å². The van der Waals surface area contributed by atoms with E-state index in [4.69, 9.17) is 0 Å². The van der Waals surface area contributed by atoms with Crippen LogP contribution in [0.3, 0.4) is 0 Å². The van der Waals surface area contributed by atoms with Gasteiger partial charge in [-0.2, -0.15) is 0 Å². The number of amides is 1. The summed E-state index contributed by atoms with van der Waals surface area (Å²) < 4.78 is 25.5. The zero-order chi connectivity index (χ0) is 15.1. The quantitative estimate of drug-likeness (QED) is 0.869. The van der Waals surface area contributed by atoms with Crippen molar-refractivity contribution in [2.75, 3.05) is 6.54 Å². The number of hydrogen-bond donors (Lipinski definition) is 1. The standard InChI is InChI=1S/C17H17F2NO/c18-15-6-1-13(2-7-15)5-10-17(21)20-12-11-14-3-8-16(19)9-4-14/h1-4,6-9H,5,10-12H2,(H,20,21). The number of halogens is 2. The lowest BCUT2D eigenvalue weighted by Crippen LogP contribution is -2.25. The molecule has 0 heterocycles. The third-order valence-corrected chi connectivity index (χ3v) is 3.20. The molecule has 0 atom stereocenters. The number of aryl methyl sites for hydroxylation is 1. The van der Waals surface area contributed by atoms with E-state index in [9.17, 15) is 13.6 Å². The summed E-state index contributed by atoms with van der Waals surface area (Å²) in [5, 5.41) is 2.82. The first-order valence-electron chi connectivity index (χ1n) is 6.89. The minimum Gasteiger partial charge on any atom is -0.356 e. The van der Waals surface area contributed by atoms with E-state index in [2.05, 4.69) is 5.32 Å². The molecule has 1 amide bonds. The Morgan fingerprint density at radius 1 is 0.810 bits per heavy atom. The molecular weight excluding hydrogens is 272 g/mol. The predicted molar refractivity (Wildman–Crippen MR) is 77.8 cm³/mol. The van der Waals surface area contributed by atoms with Gasteiger partial charge < -0.3 is 5.32 Å². The van der Waals surface area contributed by atoms with Crippen molar-refractivity contribution in [2.24, 2.45) is 0 Å². The second kappa shape index (κ2) is 7.53. The van der Waals surface area contributed by atoms with Crippen LogP contribution < -0.4 is 5.32 Å². The third-order valence-electron chi connectivity index (χ3n) is 3.20.